The van der Waals surface area contributed by atoms with Crippen LogP contribution in [0.3, 0.4) is 0 Å². The molecule has 3 rings (SSSR count). The van der Waals surface area contributed by atoms with Crippen molar-refractivity contribution in [3.8, 4) is 11.1 Å². The first-order chi connectivity index (χ1) is 12.3. The number of aryl methyl sites for hydroxylation is 1. The summed E-state index contributed by atoms with van der Waals surface area (Å²) in [7, 11) is 1.37. The Kier molecular flexibility index (Phi) is 4.73. The largest absolute Gasteiger partial charge is 0.437 e. The molecule has 1 aromatic heterocycles. The van der Waals surface area contributed by atoms with Crippen molar-refractivity contribution in [3.05, 3.63) is 65.4 Å². The van der Waals surface area contributed by atoms with Crippen LogP contribution in [0.1, 0.15) is 5.69 Å². The van der Waals surface area contributed by atoms with Gasteiger partial charge in [-0.1, -0.05) is 41.9 Å². The molecule has 0 saturated carbocycles. The quantitative estimate of drug-likeness (QED) is 0.595. The molecular weight excluding hydrogens is 367 g/mol. The molecule has 4 nitrogen and oxygen atoms in total. The third kappa shape index (κ3) is 3.43. The van der Waals surface area contributed by atoms with E-state index in [1.54, 1.807) is 48.5 Å². The molecule has 1 heterocycles. The molecule has 1 amide bonds. The second kappa shape index (κ2) is 6.84. The van der Waals surface area contributed by atoms with Crippen LogP contribution in [0.4, 0.5) is 24.5 Å². The summed E-state index contributed by atoms with van der Waals surface area (Å²) in [5.74, 6) is 0. The average molecular weight is 380 g/mol. The monoisotopic (exact) mass is 379 g/mol. The number of anilines is 2. The van der Waals surface area contributed by atoms with E-state index in [9.17, 15) is 18.0 Å². The van der Waals surface area contributed by atoms with Gasteiger partial charge in [0.15, 0.2) is 5.69 Å². The Hall–Kier alpha value is -2.80. The molecule has 0 bridgehead atoms. The molecule has 8 heteroatoms. The number of alkyl halides is 3. The van der Waals surface area contributed by atoms with Gasteiger partial charge in [-0.05, 0) is 23.8 Å². The normalized spacial score (nSPS) is 11.4. The summed E-state index contributed by atoms with van der Waals surface area (Å²) in [6.45, 7) is 0. The Morgan fingerprint density at radius 1 is 1.12 bits per heavy atom. The van der Waals surface area contributed by atoms with Gasteiger partial charge in [-0.3, -0.25) is 14.4 Å². The molecule has 3 aromatic rings. The van der Waals surface area contributed by atoms with Crippen LogP contribution in [0.2, 0.25) is 5.02 Å². The molecular formula is C18H13ClF3N3O. The standard InChI is InChI=1S/C18H13ClF3N3O/c1-24-10-16(17(23-24)18(20,21)22)25(11-26)15-8-3-2-7-14(15)12-5-4-6-13(19)9-12/h2-11H,1H3. The fraction of sp³-hybridized carbons (Fsp3) is 0.111. The number of hydrogen-bond donors (Lipinski definition) is 0. The molecule has 0 spiro atoms. The highest BCUT2D eigenvalue weighted by atomic mass is 35.5. The Morgan fingerprint density at radius 3 is 2.50 bits per heavy atom. The van der Waals surface area contributed by atoms with Crippen LogP contribution >= 0.6 is 11.6 Å². The zero-order valence-electron chi connectivity index (χ0n) is 13.5. The van der Waals surface area contributed by atoms with Gasteiger partial charge in [-0.2, -0.15) is 18.3 Å². The Balaban J connectivity index is 2.19. The molecule has 134 valence electrons. The lowest BCUT2D eigenvalue weighted by atomic mass is 10.0. The molecule has 0 unspecified atom stereocenters. The second-order valence-corrected chi connectivity index (χ2v) is 5.97. The van der Waals surface area contributed by atoms with Crippen molar-refractivity contribution in [1.29, 1.82) is 0 Å². The van der Waals surface area contributed by atoms with Crippen LogP contribution in [-0.2, 0) is 18.0 Å². The maximum atomic E-state index is 13.3. The van der Waals surface area contributed by atoms with Crippen LogP contribution in [-0.4, -0.2) is 16.2 Å². The van der Waals surface area contributed by atoms with E-state index in [-0.39, 0.29) is 5.69 Å². The number of carbonyl (C=O) groups is 1. The Bertz CT molecular complexity index is 953. The number of hydrogen-bond acceptors (Lipinski definition) is 2. The average Bonchev–Trinajstić information content (AvgIpc) is 2.98. The van der Waals surface area contributed by atoms with Gasteiger partial charge in [0.05, 0.1) is 11.4 Å². The minimum absolute atomic E-state index is 0.295. The lowest BCUT2D eigenvalue weighted by Gasteiger charge is -2.21. The number of carbonyl (C=O) groups excluding carboxylic acids is 1. The van der Waals surface area contributed by atoms with Crippen molar-refractivity contribution in [2.75, 3.05) is 4.90 Å². The zero-order valence-corrected chi connectivity index (χ0v) is 14.3. The van der Waals surface area contributed by atoms with E-state index in [0.717, 1.165) is 15.8 Å². The van der Waals surface area contributed by atoms with Crippen LogP contribution in [0.5, 0.6) is 0 Å². The van der Waals surface area contributed by atoms with Gasteiger partial charge in [-0.15, -0.1) is 0 Å². The smallest absolute Gasteiger partial charge is 0.279 e. The van der Waals surface area contributed by atoms with Crippen molar-refractivity contribution in [2.24, 2.45) is 7.05 Å². The number of benzene rings is 2. The fourth-order valence-corrected chi connectivity index (χ4v) is 2.87. The van der Waals surface area contributed by atoms with Gasteiger partial charge in [0.1, 0.15) is 0 Å². The van der Waals surface area contributed by atoms with Crippen LogP contribution in [0.15, 0.2) is 54.7 Å². The van der Waals surface area contributed by atoms with Crippen molar-refractivity contribution >= 4 is 29.4 Å². The maximum Gasteiger partial charge on any atom is 0.437 e. The molecule has 0 radical (unpaired) electrons. The molecule has 0 aliphatic rings. The molecule has 0 N–H and O–H groups in total. The van der Waals surface area contributed by atoms with Gasteiger partial charge >= 0.3 is 6.18 Å². The fourth-order valence-electron chi connectivity index (χ4n) is 2.68. The summed E-state index contributed by atoms with van der Waals surface area (Å²) < 4.78 is 41.0. The molecule has 0 atom stereocenters. The van der Waals surface area contributed by atoms with Crippen LogP contribution < -0.4 is 4.90 Å². The lowest BCUT2D eigenvalue weighted by molar-refractivity contribution is -0.140. The molecule has 26 heavy (non-hydrogen) atoms. The van der Waals surface area contributed by atoms with E-state index in [1.807, 2.05) is 0 Å². The first-order valence-electron chi connectivity index (χ1n) is 7.51. The zero-order chi connectivity index (χ0) is 18.9. The first-order valence-corrected chi connectivity index (χ1v) is 7.89. The Morgan fingerprint density at radius 2 is 1.85 bits per heavy atom. The number of amides is 1. The summed E-state index contributed by atoms with van der Waals surface area (Å²) in [5, 5.41) is 3.94. The topological polar surface area (TPSA) is 38.1 Å². The molecule has 0 aliphatic carbocycles. The number of halogens is 4. The SMILES string of the molecule is Cn1cc(N(C=O)c2ccccc2-c2cccc(Cl)c2)c(C(F)(F)F)n1. The summed E-state index contributed by atoms with van der Waals surface area (Å²) in [6.07, 6.45) is -3.19. The highest BCUT2D eigenvalue weighted by Gasteiger charge is 2.39. The molecule has 0 aliphatic heterocycles. The van der Waals surface area contributed by atoms with Crippen molar-refractivity contribution < 1.29 is 18.0 Å². The van der Waals surface area contributed by atoms with E-state index >= 15 is 0 Å². The maximum absolute atomic E-state index is 13.3. The molecule has 0 fully saturated rings. The molecule has 2 aromatic carbocycles. The number of nitrogens with zero attached hydrogens (tertiary/aromatic N) is 3. The molecule has 0 saturated heterocycles. The second-order valence-electron chi connectivity index (χ2n) is 5.54. The van der Waals surface area contributed by atoms with Gasteiger partial charge in [-0.25, -0.2) is 0 Å². The predicted molar refractivity (Wildman–Crippen MR) is 93.3 cm³/mol. The van der Waals surface area contributed by atoms with E-state index in [4.69, 9.17) is 11.6 Å². The predicted octanol–water partition coefficient (Wildman–Crippen LogP) is 5.05. The van der Waals surface area contributed by atoms with Crippen LogP contribution in [0, 0.1) is 0 Å². The number of aromatic nitrogens is 2. The van der Waals surface area contributed by atoms with Gasteiger partial charge in [0, 0.05) is 23.8 Å². The third-order valence-corrected chi connectivity index (χ3v) is 3.98. The first kappa shape index (κ1) is 18.0. The lowest BCUT2D eigenvalue weighted by Crippen LogP contribution is -2.19. The van der Waals surface area contributed by atoms with E-state index < -0.39 is 11.9 Å². The van der Waals surface area contributed by atoms with Crippen molar-refractivity contribution in [1.82, 2.24) is 9.78 Å². The van der Waals surface area contributed by atoms with E-state index in [2.05, 4.69) is 5.10 Å². The highest BCUT2D eigenvalue weighted by molar-refractivity contribution is 6.30. The number of para-hydroxylation sites is 1. The van der Waals surface area contributed by atoms with E-state index in [1.165, 1.54) is 7.05 Å². The van der Waals surface area contributed by atoms with Crippen molar-refractivity contribution in [3.63, 3.8) is 0 Å². The summed E-state index contributed by atoms with van der Waals surface area (Å²) in [6, 6.07) is 13.5. The van der Waals surface area contributed by atoms with E-state index in [0.29, 0.717) is 28.2 Å². The minimum atomic E-state index is -4.69. The van der Waals surface area contributed by atoms with Crippen molar-refractivity contribution in [2.45, 2.75) is 6.18 Å². The number of rotatable bonds is 4. The Labute approximate surface area is 152 Å². The highest BCUT2D eigenvalue weighted by Crippen LogP contribution is 2.40. The minimum Gasteiger partial charge on any atom is -0.279 e. The van der Waals surface area contributed by atoms with Crippen LogP contribution in [0.25, 0.3) is 11.1 Å². The van der Waals surface area contributed by atoms with Gasteiger partial charge in [0.2, 0.25) is 6.41 Å². The van der Waals surface area contributed by atoms with Gasteiger partial charge < -0.3 is 0 Å². The summed E-state index contributed by atoms with van der Waals surface area (Å²) in [4.78, 5) is 12.7. The summed E-state index contributed by atoms with van der Waals surface area (Å²) >= 11 is 6.02. The third-order valence-electron chi connectivity index (χ3n) is 3.74. The summed E-state index contributed by atoms with van der Waals surface area (Å²) in [5.41, 5.74) is 0.0669. The van der Waals surface area contributed by atoms with Gasteiger partial charge in [0.25, 0.3) is 0 Å².